The molecule has 1 N–H and O–H groups in total. The van der Waals surface area contributed by atoms with Gasteiger partial charge in [-0.3, -0.25) is 0 Å². The Morgan fingerprint density at radius 1 is 1.20 bits per heavy atom. The van der Waals surface area contributed by atoms with Crippen molar-refractivity contribution < 1.29 is 14.2 Å². The normalized spacial score (nSPS) is 11.4. The summed E-state index contributed by atoms with van der Waals surface area (Å²) < 4.78 is 17.2. The van der Waals surface area contributed by atoms with Crippen LogP contribution in [0, 0.1) is 11.3 Å². The van der Waals surface area contributed by atoms with Crippen LogP contribution in [-0.2, 0) is 0 Å². The maximum absolute atomic E-state index is 9.11. The summed E-state index contributed by atoms with van der Waals surface area (Å²) in [5.74, 6) is 2.44. The molecule has 1 aliphatic heterocycles. The zero-order chi connectivity index (χ0) is 20.9. The third-order valence-electron chi connectivity index (χ3n) is 4.21. The van der Waals surface area contributed by atoms with Crippen molar-refractivity contribution in [1.29, 1.82) is 5.26 Å². The van der Waals surface area contributed by atoms with E-state index in [1.807, 2.05) is 12.1 Å². The van der Waals surface area contributed by atoms with Gasteiger partial charge in [0.2, 0.25) is 0 Å². The van der Waals surface area contributed by atoms with Crippen molar-refractivity contribution in [2.75, 3.05) is 24.4 Å². The van der Waals surface area contributed by atoms with Crippen molar-refractivity contribution in [1.82, 2.24) is 9.97 Å². The van der Waals surface area contributed by atoms with Crippen molar-refractivity contribution in [2.45, 2.75) is 0 Å². The predicted molar refractivity (Wildman–Crippen MR) is 116 cm³/mol. The minimum atomic E-state index is 0.301. The van der Waals surface area contributed by atoms with Crippen molar-refractivity contribution in [2.24, 2.45) is 4.99 Å². The van der Waals surface area contributed by atoms with Gasteiger partial charge < -0.3 is 19.5 Å². The molecule has 1 aliphatic rings. The number of benzene rings is 2. The minimum absolute atomic E-state index is 0.301. The number of fused-ring (bicyclic) bond motifs is 2. The molecule has 8 nitrogen and oxygen atoms in total. The number of anilines is 2. The number of methoxy groups -OCH3 is 1. The van der Waals surface area contributed by atoms with Crippen molar-refractivity contribution in [3.05, 3.63) is 53.9 Å². The second-order valence-electron chi connectivity index (χ2n) is 6.13. The molecule has 0 bridgehead atoms. The third kappa shape index (κ3) is 4.04. The molecule has 150 valence electrons. The Labute approximate surface area is 181 Å². The van der Waals surface area contributed by atoms with E-state index in [2.05, 4.69) is 42.3 Å². The van der Waals surface area contributed by atoms with Gasteiger partial charge in [-0.25, -0.2) is 9.98 Å². The fourth-order valence-corrected chi connectivity index (χ4v) is 3.02. The molecule has 0 radical (unpaired) electrons. The molecular weight excluding hydrogens is 450 g/mol. The summed E-state index contributed by atoms with van der Waals surface area (Å²) in [6.45, 7) is 0.495. The molecule has 1 aromatic heterocycles. The fourth-order valence-electron chi connectivity index (χ4n) is 2.85. The van der Waals surface area contributed by atoms with Gasteiger partial charge in [0.25, 0.3) is 5.88 Å². The maximum Gasteiger partial charge on any atom is 0.250 e. The summed E-state index contributed by atoms with van der Waals surface area (Å²) in [5.41, 5.74) is 2.41. The Morgan fingerprint density at radius 3 is 2.90 bits per heavy atom. The molecule has 0 fully saturated rings. The van der Waals surface area contributed by atoms with E-state index in [0.29, 0.717) is 57.8 Å². The Kier molecular flexibility index (Phi) is 5.77. The number of alkyl halides is 1. The number of aromatic nitrogens is 2. The summed E-state index contributed by atoms with van der Waals surface area (Å²) in [5, 5.41) is 13.0. The van der Waals surface area contributed by atoms with E-state index < -0.39 is 0 Å². The van der Waals surface area contributed by atoms with Gasteiger partial charge in [-0.1, -0.05) is 22.0 Å². The average Bonchev–Trinajstić information content (AvgIpc) is 2.96. The van der Waals surface area contributed by atoms with E-state index in [4.69, 9.17) is 19.5 Å². The first-order chi connectivity index (χ1) is 14.7. The second kappa shape index (κ2) is 8.80. The largest absolute Gasteiger partial charge is 0.493 e. The van der Waals surface area contributed by atoms with Crippen LogP contribution in [0.25, 0.3) is 0 Å². The summed E-state index contributed by atoms with van der Waals surface area (Å²) in [6, 6.07) is 12.7. The summed E-state index contributed by atoms with van der Waals surface area (Å²) in [7, 11) is 1.57. The van der Waals surface area contributed by atoms with Crippen molar-refractivity contribution >= 4 is 39.3 Å². The molecule has 0 saturated heterocycles. The van der Waals surface area contributed by atoms with Gasteiger partial charge in [-0.05, 0) is 24.3 Å². The quantitative estimate of drug-likeness (QED) is 0.410. The monoisotopic (exact) mass is 465 g/mol. The van der Waals surface area contributed by atoms with Gasteiger partial charge >= 0.3 is 0 Å². The first-order valence-electron chi connectivity index (χ1n) is 8.96. The molecule has 4 rings (SSSR count). The molecule has 2 heterocycles. The first-order valence-corrected chi connectivity index (χ1v) is 10.1. The lowest BCUT2D eigenvalue weighted by Crippen LogP contribution is -2.01. The van der Waals surface area contributed by atoms with Crippen LogP contribution in [0.1, 0.15) is 11.1 Å². The highest BCUT2D eigenvalue weighted by molar-refractivity contribution is 9.09. The molecule has 0 amide bonds. The van der Waals surface area contributed by atoms with Crippen LogP contribution in [0.4, 0.5) is 17.2 Å². The Hall–Kier alpha value is -3.64. The van der Waals surface area contributed by atoms with Gasteiger partial charge in [0.05, 0.1) is 25.3 Å². The lowest BCUT2D eigenvalue weighted by molar-refractivity contribution is 0.312. The van der Waals surface area contributed by atoms with Gasteiger partial charge in [0.1, 0.15) is 12.1 Å². The van der Waals surface area contributed by atoms with E-state index in [9.17, 15) is 0 Å². The van der Waals surface area contributed by atoms with E-state index in [1.165, 1.54) is 6.33 Å². The number of ether oxygens (including phenoxy) is 3. The number of hydrogen-bond donors (Lipinski definition) is 1. The summed E-state index contributed by atoms with van der Waals surface area (Å²) in [4.78, 5) is 13.0. The van der Waals surface area contributed by atoms with Crippen molar-refractivity contribution in [3.63, 3.8) is 0 Å². The van der Waals surface area contributed by atoms with E-state index in [-0.39, 0.29) is 0 Å². The van der Waals surface area contributed by atoms with Gasteiger partial charge in [-0.15, -0.1) is 0 Å². The van der Waals surface area contributed by atoms with Crippen LogP contribution < -0.4 is 19.5 Å². The van der Waals surface area contributed by atoms with Gasteiger partial charge in [-0.2, -0.15) is 10.2 Å². The lowest BCUT2D eigenvalue weighted by Gasteiger charge is -2.14. The molecule has 30 heavy (non-hydrogen) atoms. The Morgan fingerprint density at radius 2 is 2.10 bits per heavy atom. The van der Waals surface area contributed by atoms with E-state index in [1.54, 1.807) is 37.6 Å². The number of hydrogen-bond acceptors (Lipinski definition) is 8. The molecule has 9 heteroatoms. The molecule has 2 aromatic carbocycles. The van der Waals surface area contributed by atoms with Crippen LogP contribution in [-0.4, -0.2) is 35.2 Å². The highest BCUT2D eigenvalue weighted by Gasteiger charge is 2.20. The molecule has 3 aromatic rings. The van der Waals surface area contributed by atoms with Gasteiger partial charge in [0, 0.05) is 28.9 Å². The first kappa shape index (κ1) is 19.7. The smallest absolute Gasteiger partial charge is 0.250 e. The van der Waals surface area contributed by atoms with Crippen molar-refractivity contribution in [3.8, 4) is 29.2 Å². The topological polar surface area (TPSA) is 102 Å². The highest BCUT2D eigenvalue weighted by atomic mass is 79.9. The zero-order valence-corrected chi connectivity index (χ0v) is 17.5. The molecule has 0 saturated carbocycles. The molecule has 0 spiro atoms. The van der Waals surface area contributed by atoms with Crippen LogP contribution in [0.15, 0.2) is 47.7 Å². The third-order valence-corrected chi connectivity index (χ3v) is 4.54. The van der Waals surface area contributed by atoms with Crippen LogP contribution in [0.3, 0.4) is 0 Å². The fraction of sp³-hybridized carbons (Fsp3) is 0.143. The summed E-state index contributed by atoms with van der Waals surface area (Å²) in [6.07, 6.45) is 3.06. The Bertz CT molecular complexity index is 1160. The Balaban J connectivity index is 1.70. The van der Waals surface area contributed by atoms with E-state index >= 15 is 0 Å². The average molecular weight is 466 g/mol. The molecule has 0 aliphatic carbocycles. The van der Waals surface area contributed by atoms with Gasteiger partial charge in [0.15, 0.2) is 23.0 Å². The number of rotatable bonds is 6. The molecule has 0 unspecified atom stereocenters. The SMILES string of the molecule is COc1cc2c(cc1OCCBr)C=Nc1c(Nc3cccc(C#N)c3)ncnc1O2. The van der Waals surface area contributed by atoms with Crippen LogP contribution in [0.2, 0.25) is 0 Å². The summed E-state index contributed by atoms with van der Waals surface area (Å²) >= 11 is 3.35. The van der Waals surface area contributed by atoms with Crippen LogP contribution in [0.5, 0.6) is 23.1 Å². The number of nitrogens with zero attached hydrogens (tertiary/aromatic N) is 4. The maximum atomic E-state index is 9.11. The molecular formula is C21H16BrN5O3. The molecule has 0 atom stereocenters. The minimum Gasteiger partial charge on any atom is -0.493 e. The number of nitriles is 1. The second-order valence-corrected chi connectivity index (χ2v) is 6.93. The predicted octanol–water partition coefficient (Wildman–Crippen LogP) is 4.73. The number of nitrogens with one attached hydrogen (secondary N) is 1. The number of aliphatic imine (C=N–C) groups is 1. The number of halogens is 1. The zero-order valence-electron chi connectivity index (χ0n) is 15.9. The standard InChI is InChI=1S/C21H16BrN5O3/c1-28-17-9-16-14(8-18(17)29-6-5-22)11-24-19-20(25-12-26-21(19)30-16)27-15-4-2-3-13(7-15)10-23/h2-4,7-9,11-12H,5-6H2,1H3,(H,25,26,27). The van der Waals surface area contributed by atoms with Crippen LogP contribution >= 0.6 is 15.9 Å². The van der Waals surface area contributed by atoms with E-state index in [0.717, 1.165) is 5.56 Å². The lowest BCUT2D eigenvalue weighted by atomic mass is 10.2. The highest BCUT2D eigenvalue weighted by Crippen LogP contribution is 2.42.